The zero-order chi connectivity index (χ0) is 17.9. The van der Waals surface area contributed by atoms with Gasteiger partial charge in [-0.15, -0.1) is 0 Å². The van der Waals surface area contributed by atoms with Crippen molar-refractivity contribution in [2.24, 2.45) is 0 Å². The van der Waals surface area contributed by atoms with Crippen molar-refractivity contribution >= 4 is 5.91 Å². The number of carbonyl (C=O) groups excluding carboxylic acids is 1. The smallest absolute Gasteiger partial charge is 0.343 e. The largest absolute Gasteiger partial charge is 0.416 e. The fourth-order valence-corrected chi connectivity index (χ4v) is 2.99. The average Bonchev–Trinajstić information content (AvgIpc) is 2.49. The van der Waals surface area contributed by atoms with Gasteiger partial charge in [0.1, 0.15) is 5.82 Å². The Morgan fingerprint density at radius 1 is 1.21 bits per heavy atom. The van der Waals surface area contributed by atoms with E-state index in [0.29, 0.717) is 25.6 Å². The molecule has 0 unspecified atom stereocenters. The van der Waals surface area contributed by atoms with Crippen LogP contribution in [0.4, 0.5) is 17.6 Å². The summed E-state index contributed by atoms with van der Waals surface area (Å²) in [5.41, 5.74) is -0.760. The van der Waals surface area contributed by atoms with Gasteiger partial charge in [0.2, 0.25) is 5.91 Å². The molecule has 0 aliphatic carbocycles. The van der Waals surface area contributed by atoms with Crippen molar-refractivity contribution < 1.29 is 22.4 Å². The third kappa shape index (κ3) is 4.47. The van der Waals surface area contributed by atoms with Crippen LogP contribution in [0.3, 0.4) is 0 Å². The molecular weight excluding hydrogens is 324 g/mol. The van der Waals surface area contributed by atoms with E-state index >= 15 is 0 Å². The quantitative estimate of drug-likeness (QED) is 0.760. The summed E-state index contributed by atoms with van der Waals surface area (Å²) in [4.78, 5) is 15.9. The molecule has 134 valence electrons. The normalized spacial score (nSPS) is 19.8. The number of unbranched alkanes of at least 4 members (excludes halogenated alkanes) is 1. The summed E-state index contributed by atoms with van der Waals surface area (Å²) in [6.45, 7) is 3.23. The maximum Gasteiger partial charge on any atom is 0.416 e. The standard InChI is InChI=1S/C17H22F4N2O/c1-3-4-5-15-16(24)22(2)6-7-23(15)11-12-8-13(17(19,20)21)10-14(18)9-12/h8-10,15H,3-7,11H2,1-2H3/t15-/m1/s1. The number of rotatable bonds is 5. The third-order valence-electron chi connectivity index (χ3n) is 4.33. The molecule has 1 aliphatic heterocycles. The van der Waals surface area contributed by atoms with Gasteiger partial charge in [0.15, 0.2) is 0 Å². The Hall–Kier alpha value is -1.63. The van der Waals surface area contributed by atoms with Crippen molar-refractivity contribution in [3.05, 3.63) is 35.1 Å². The number of alkyl halides is 3. The van der Waals surface area contributed by atoms with Crippen LogP contribution >= 0.6 is 0 Å². The lowest BCUT2D eigenvalue weighted by Crippen LogP contribution is -2.55. The first-order chi connectivity index (χ1) is 11.2. The van der Waals surface area contributed by atoms with Crippen molar-refractivity contribution in [3.8, 4) is 0 Å². The number of carbonyl (C=O) groups is 1. The van der Waals surface area contributed by atoms with Gasteiger partial charge in [0, 0.05) is 26.7 Å². The molecule has 7 heteroatoms. The van der Waals surface area contributed by atoms with Gasteiger partial charge < -0.3 is 4.90 Å². The molecule has 1 amide bonds. The number of likely N-dealkylation sites (N-methyl/N-ethyl adjacent to an activating group) is 1. The Morgan fingerprint density at radius 2 is 1.92 bits per heavy atom. The summed E-state index contributed by atoms with van der Waals surface area (Å²) in [5, 5.41) is 0. The highest BCUT2D eigenvalue weighted by atomic mass is 19.4. The minimum absolute atomic E-state index is 0.0258. The van der Waals surface area contributed by atoms with Gasteiger partial charge in [-0.3, -0.25) is 9.69 Å². The summed E-state index contributed by atoms with van der Waals surface area (Å²) >= 11 is 0. The Kier molecular flexibility index (Phi) is 5.85. The predicted octanol–water partition coefficient (Wildman–Crippen LogP) is 3.68. The molecule has 0 aromatic heterocycles. The first-order valence-corrected chi connectivity index (χ1v) is 8.08. The molecule has 0 bridgehead atoms. The SMILES string of the molecule is CCCC[C@@H]1C(=O)N(C)CCN1Cc1cc(F)cc(C(F)(F)F)c1. The van der Waals surface area contributed by atoms with Crippen molar-refractivity contribution in [1.82, 2.24) is 9.80 Å². The molecule has 1 aromatic rings. The van der Waals surface area contributed by atoms with Gasteiger partial charge in [0.25, 0.3) is 0 Å². The molecular formula is C17H22F4N2O. The summed E-state index contributed by atoms with van der Waals surface area (Å²) in [5.74, 6) is -0.937. The number of nitrogens with zero attached hydrogens (tertiary/aromatic N) is 2. The Morgan fingerprint density at radius 3 is 2.54 bits per heavy atom. The summed E-state index contributed by atoms with van der Waals surface area (Å²) in [6, 6.07) is 2.20. The maximum absolute atomic E-state index is 13.6. The van der Waals surface area contributed by atoms with Gasteiger partial charge in [-0.2, -0.15) is 13.2 Å². The minimum Gasteiger partial charge on any atom is -0.343 e. The highest BCUT2D eigenvalue weighted by Gasteiger charge is 2.34. The molecule has 0 radical (unpaired) electrons. The van der Waals surface area contributed by atoms with Gasteiger partial charge in [-0.1, -0.05) is 19.8 Å². The van der Waals surface area contributed by atoms with E-state index in [-0.39, 0.29) is 24.1 Å². The van der Waals surface area contributed by atoms with Crippen molar-refractivity contribution in [2.75, 3.05) is 20.1 Å². The van der Waals surface area contributed by atoms with Crippen LogP contribution in [0.15, 0.2) is 18.2 Å². The van der Waals surface area contributed by atoms with Crippen LogP contribution in [0.2, 0.25) is 0 Å². The van der Waals surface area contributed by atoms with Gasteiger partial charge in [-0.25, -0.2) is 4.39 Å². The first-order valence-electron chi connectivity index (χ1n) is 8.08. The van der Waals surface area contributed by atoms with Crippen LogP contribution in [0, 0.1) is 5.82 Å². The second kappa shape index (κ2) is 7.51. The van der Waals surface area contributed by atoms with Crippen LogP contribution in [-0.2, 0) is 17.5 Å². The van der Waals surface area contributed by atoms with E-state index in [1.54, 1.807) is 11.9 Å². The summed E-state index contributed by atoms with van der Waals surface area (Å²) in [7, 11) is 1.72. The topological polar surface area (TPSA) is 23.6 Å². The molecule has 1 fully saturated rings. The monoisotopic (exact) mass is 346 g/mol. The highest BCUT2D eigenvalue weighted by Crippen LogP contribution is 2.31. The number of hydrogen-bond acceptors (Lipinski definition) is 2. The predicted molar refractivity (Wildman–Crippen MR) is 82.8 cm³/mol. The van der Waals surface area contributed by atoms with Crippen LogP contribution in [0.25, 0.3) is 0 Å². The van der Waals surface area contributed by atoms with E-state index in [1.165, 1.54) is 0 Å². The van der Waals surface area contributed by atoms with Crippen LogP contribution < -0.4 is 0 Å². The number of amides is 1. The molecule has 0 saturated carbocycles. The van der Waals surface area contributed by atoms with Crippen LogP contribution in [0.1, 0.15) is 37.3 Å². The van der Waals surface area contributed by atoms with Crippen molar-refractivity contribution in [1.29, 1.82) is 0 Å². The van der Waals surface area contributed by atoms with Crippen molar-refractivity contribution in [2.45, 2.75) is 44.9 Å². The number of benzene rings is 1. The van der Waals surface area contributed by atoms with E-state index in [0.717, 1.165) is 25.0 Å². The second-order valence-electron chi connectivity index (χ2n) is 6.23. The Balaban J connectivity index is 2.21. The van der Waals surface area contributed by atoms with Gasteiger partial charge in [0.05, 0.1) is 11.6 Å². The highest BCUT2D eigenvalue weighted by molar-refractivity contribution is 5.82. The maximum atomic E-state index is 13.6. The van der Waals surface area contributed by atoms with Gasteiger partial charge >= 0.3 is 6.18 Å². The molecule has 1 atom stereocenters. The molecule has 2 rings (SSSR count). The molecule has 3 nitrogen and oxygen atoms in total. The lowest BCUT2D eigenvalue weighted by atomic mass is 10.0. The van der Waals surface area contributed by atoms with Crippen LogP contribution in [-0.4, -0.2) is 41.9 Å². The van der Waals surface area contributed by atoms with E-state index in [9.17, 15) is 22.4 Å². The van der Waals surface area contributed by atoms with E-state index < -0.39 is 17.6 Å². The third-order valence-corrected chi connectivity index (χ3v) is 4.33. The van der Waals surface area contributed by atoms with E-state index in [1.807, 2.05) is 11.8 Å². The molecule has 24 heavy (non-hydrogen) atoms. The molecule has 1 aromatic carbocycles. The molecule has 1 heterocycles. The van der Waals surface area contributed by atoms with E-state index in [4.69, 9.17) is 0 Å². The van der Waals surface area contributed by atoms with E-state index in [2.05, 4.69) is 0 Å². The lowest BCUT2D eigenvalue weighted by Gasteiger charge is -2.39. The molecule has 1 aliphatic rings. The van der Waals surface area contributed by atoms with Crippen molar-refractivity contribution in [3.63, 3.8) is 0 Å². The lowest BCUT2D eigenvalue weighted by molar-refractivity contribution is -0.141. The average molecular weight is 346 g/mol. The Bertz CT molecular complexity index is 588. The fourth-order valence-electron chi connectivity index (χ4n) is 2.99. The molecule has 0 spiro atoms. The fraction of sp³-hybridized carbons (Fsp3) is 0.588. The summed E-state index contributed by atoms with van der Waals surface area (Å²) in [6.07, 6.45) is -2.14. The van der Waals surface area contributed by atoms with Gasteiger partial charge in [-0.05, 0) is 30.2 Å². The number of halogens is 4. The summed E-state index contributed by atoms with van der Waals surface area (Å²) < 4.78 is 52.1. The first kappa shape index (κ1) is 18.7. The Labute approximate surface area is 139 Å². The molecule has 0 N–H and O–H groups in total. The number of piperazine rings is 1. The molecule has 1 saturated heterocycles. The van der Waals surface area contributed by atoms with Crippen LogP contribution in [0.5, 0.6) is 0 Å². The zero-order valence-corrected chi connectivity index (χ0v) is 13.9. The minimum atomic E-state index is -4.59. The number of hydrogen-bond donors (Lipinski definition) is 0. The second-order valence-corrected chi connectivity index (χ2v) is 6.23. The zero-order valence-electron chi connectivity index (χ0n) is 13.9.